The van der Waals surface area contributed by atoms with Gasteiger partial charge in [0, 0.05) is 5.33 Å². The van der Waals surface area contributed by atoms with Gasteiger partial charge in [-0.2, -0.15) is 10.2 Å². The molecule has 0 spiro atoms. The zero-order valence-corrected chi connectivity index (χ0v) is 15.1. The molecule has 0 unspecified atom stereocenters. The van der Waals surface area contributed by atoms with Crippen LogP contribution in [-0.2, 0) is 0 Å². The van der Waals surface area contributed by atoms with Crippen LogP contribution in [0.3, 0.4) is 0 Å². The van der Waals surface area contributed by atoms with E-state index < -0.39 is 0 Å². The summed E-state index contributed by atoms with van der Waals surface area (Å²) < 4.78 is 5.76. The summed E-state index contributed by atoms with van der Waals surface area (Å²) in [6.07, 6.45) is 15.6. The molecule has 0 N–H and O–H groups in total. The quantitative estimate of drug-likeness (QED) is 0.250. The summed E-state index contributed by atoms with van der Waals surface area (Å²) >= 11 is 3.46. The Balaban J connectivity index is 1.59. The summed E-state index contributed by atoms with van der Waals surface area (Å²) in [5.41, 5.74) is 0.859. The van der Waals surface area contributed by atoms with Crippen molar-refractivity contribution in [3.63, 3.8) is 0 Å². The number of nitrogens with zero attached hydrogens (tertiary/aromatic N) is 2. The van der Waals surface area contributed by atoms with Gasteiger partial charge in [0.05, 0.1) is 12.3 Å². The molecule has 1 aromatic rings. The number of benzene rings is 1. The summed E-state index contributed by atoms with van der Waals surface area (Å²) in [7, 11) is 0. The van der Waals surface area contributed by atoms with E-state index in [0.717, 1.165) is 29.8 Å². The molecule has 124 valence electrons. The van der Waals surface area contributed by atoms with Gasteiger partial charge >= 0.3 is 0 Å². The van der Waals surface area contributed by atoms with Crippen molar-refractivity contribution in [2.45, 2.75) is 44.6 Å². The first kappa shape index (κ1) is 17.9. The van der Waals surface area contributed by atoms with Crippen LogP contribution < -0.4 is 4.74 Å². The van der Waals surface area contributed by atoms with Gasteiger partial charge in [-0.05, 0) is 37.1 Å². The largest absolute Gasteiger partial charge is 0.494 e. The maximum atomic E-state index is 5.76. The highest BCUT2D eigenvalue weighted by molar-refractivity contribution is 9.09. The van der Waals surface area contributed by atoms with Crippen LogP contribution in [0.15, 0.2) is 58.8 Å². The van der Waals surface area contributed by atoms with E-state index in [1.807, 2.05) is 48.6 Å². The normalized spacial score (nSPS) is 14.1. The smallest absolute Gasteiger partial charge is 0.119 e. The minimum Gasteiger partial charge on any atom is -0.494 e. The average Bonchev–Trinajstić information content (AvgIpc) is 3.10. The minimum absolute atomic E-state index is 0.0838. The topological polar surface area (TPSA) is 34.0 Å². The van der Waals surface area contributed by atoms with Gasteiger partial charge in [0.2, 0.25) is 0 Å². The lowest BCUT2D eigenvalue weighted by molar-refractivity contribution is 0.304. The first-order chi connectivity index (χ1) is 11.4. The van der Waals surface area contributed by atoms with Crippen molar-refractivity contribution in [2.24, 2.45) is 10.2 Å². The van der Waals surface area contributed by atoms with Crippen LogP contribution in [0.25, 0.3) is 0 Å². The molecule has 0 atom stereocenters. The van der Waals surface area contributed by atoms with Crippen LogP contribution in [0, 0.1) is 0 Å². The molecule has 2 rings (SSSR count). The SMILES string of the molecule is BrCCCCCCCCOc1ccc(N=NC2C=CC=C2)cc1. The maximum Gasteiger partial charge on any atom is 0.119 e. The van der Waals surface area contributed by atoms with Crippen molar-refractivity contribution in [3.05, 3.63) is 48.6 Å². The Labute approximate surface area is 147 Å². The van der Waals surface area contributed by atoms with Crippen LogP contribution >= 0.6 is 15.9 Å². The Morgan fingerprint density at radius 1 is 0.870 bits per heavy atom. The first-order valence-electron chi connectivity index (χ1n) is 8.43. The Hall–Kier alpha value is -1.42. The van der Waals surface area contributed by atoms with Gasteiger partial charge in [-0.15, -0.1) is 0 Å². The van der Waals surface area contributed by atoms with E-state index in [2.05, 4.69) is 26.2 Å². The molecule has 4 heteroatoms. The van der Waals surface area contributed by atoms with E-state index >= 15 is 0 Å². The molecule has 0 radical (unpaired) electrons. The monoisotopic (exact) mass is 376 g/mol. The number of alkyl halides is 1. The summed E-state index contributed by atoms with van der Waals surface area (Å²) in [5, 5.41) is 9.61. The second kappa shape index (κ2) is 11.2. The molecule has 1 aromatic carbocycles. The summed E-state index contributed by atoms with van der Waals surface area (Å²) in [6, 6.07) is 7.90. The fourth-order valence-corrected chi connectivity index (χ4v) is 2.73. The summed E-state index contributed by atoms with van der Waals surface area (Å²) in [6.45, 7) is 0.789. The Morgan fingerprint density at radius 2 is 1.52 bits per heavy atom. The molecule has 0 saturated heterocycles. The number of unbranched alkanes of at least 4 members (excludes halogenated alkanes) is 5. The molecule has 23 heavy (non-hydrogen) atoms. The molecule has 1 aliphatic carbocycles. The molecule has 0 aromatic heterocycles. The van der Waals surface area contributed by atoms with Crippen molar-refractivity contribution in [1.82, 2.24) is 0 Å². The zero-order chi connectivity index (χ0) is 16.2. The average molecular weight is 377 g/mol. The summed E-state index contributed by atoms with van der Waals surface area (Å²) in [5.74, 6) is 0.906. The summed E-state index contributed by atoms with van der Waals surface area (Å²) in [4.78, 5) is 0. The number of azo groups is 1. The number of hydrogen-bond acceptors (Lipinski definition) is 3. The lowest BCUT2D eigenvalue weighted by Crippen LogP contribution is -1.97. The van der Waals surface area contributed by atoms with Gasteiger partial charge in [-0.3, -0.25) is 0 Å². The van der Waals surface area contributed by atoms with Crippen LogP contribution in [0.1, 0.15) is 38.5 Å². The molecule has 0 bridgehead atoms. The molecule has 1 aliphatic rings. The fourth-order valence-electron chi connectivity index (χ4n) is 2.33. The molecule has 0 amide bonds. The first-order valence-corrected chi connectivity index (χ1v) is 9.55. The van der Waals surface area contributed by atoms with E-state index in [1.165, 1.54) is 32.1 Å². The van der Waals surface area contributed by atoms with E-state index in [1.54, 1.807) is 0 Å². The molecular weight excluding hydrogens is 352 g/mol. The van der Waals surface area contributed by atoms with Crippen LogP contribution in [-0.4, -0.2) is 18.0 Å². The van der Waals surface area contributed by atoms with Gasteiger partial charge in [0.15, 0.2) is 0 Å². The van der Waals surface area contributed by atoms with Gasteiger partial charge in [-0.1, -0.05) is 65.9 Å². The van der Waals surface area contributed by atoms with Crippen molar-refractivity contribution >= 4 is 21.6 Å². The van der Waals surface area contributed by atoms with Crippen molar-refractivity contribution in [3.8, 4) is 5.75 Å². The van der Waals surface area contributed by atoms with Gasteiger partial charge in [0.25, 0.3) is 0 Å². The van der Waals surface area contributed by atoms with E-state index in [4.69, 9.17) is 4.74 Å². The van der Waals surface area contributed by atoms with Crippen LogP contribution in [0.2, 0.25) is 0 Å². The molecule has 0 saturated carbocycles. The number of rotatable bonds is 11. The van der Waals surface area contributed by atoms with E-state index in [-0.39, 0.29) is 6.04 Å². The van der Waals surface area contributed by atoms with E-state index in [9.17, 15) is 0 Å². The predicted molar refractivity (Wildman–Crippen MR) is 100 cm³/mol. The van der Waals surface area contributed by atoms with Crippen molar-refractivity contribution in [2.75, 3.05) is 11.9 Å². The zero-order valence-electron chi connectivity index (χ0n) is 13.5. The second-order valence-corrected chi connectivity index (χ2v) is 6.42. The highest BCUT2D eigenvalue weighted by Crippen LogP contribution is 2.20. The molecular formula is C19H25BrN2O. The fraction of sp³-hybridized carbons (Fsp3) is 0.474. The third-order valence-corrected chi connectivity index (χ3v) is 4.23. The highest BCUT2D eigenvalue weighted by atomic mass is 79.9. The molecule has 3 nitrogen and oxygen atoms in total. The van der Waals surface area contributed by atoms with Crippen LogP contribution in [0.5, 0.6) is 5.75 Å². The highest BCUT2D eigenvalue weighted by Gasteiger charge is 2.00. The molecule has 0 heterocycles. The Kier molecular flexibility index (Phi) is 8.70. The minimum atomic E-state index is 0.0838. The van der Waals surface area contributed by atoms with Crippen molar-refractivity contribution in [1.29, 1.82) is 0 Å². The Bertz CT molecular complexity index is 511. The van der Waals surface area contributed by atoms with Crippen LogP contribution in [0.4, 0.5) is 5.69 Å². The number of allylic oxidation sites excluding steroid dienone is 2. The number of halogens is 1. The Morgan fingerprint density at radius 3 is 2.22 bits per heavy atom. The number of ether oxygens (including phenoxy) is 1. The molecule has 0 fully saturated rings. The lowest BCUT2D eigenvalue weighted by atomic mass is 10.1. The lowest BCUT2D eigenvalue weighted by Gasteiger charge is -2.06. The second-order valence-electron chi connectivity index (χ2n) is 5.63. The van der Waals surface area contributed by atoms with Gasteiger partial charge in [-0.25, -0.2) is 0 Å². The van der Waals surface area contributed by atoms with E-state index in [0.29, 0.717) is 0 Å². The van der Waals surface area contributed by atoms with Gasteiger partial charge < -0.3 is 4.74 Å². The molecule has 0 aliphatic heterocycles. The predicted octanol–water partition coefficient (Wildman–Crippen LogP) is 6.38. The maximum absolute atomic E-state index is 5.76. The van der Waals surface area contributed by atoms with Gasteiger partial charge in [0.1, 0.15) is 11.8 Å². The number of hydrogen-bond donors (Lipinski definition) is 0. The third-order valence-electron chi connectivity index (χ3n) is 3.67. The standard InChI is InChI=1S/C19H25BrN2O/c20-15-7-3-1-2-4-8-16-23-19-13-11-18(12-14-19)22-21-17-9-5-6-10-17/h5-6,9-14,17H,1-4,7-8,15-16H2. The van der Waals surface area contributed by atoms with Crippen molar-refractivity contribution < 1.29 is 4.74 Å². The third kappa shape index (κ3) is 7.60.